The van der Waals surface area contributed by atoms with Crippen LogP contribution in [0.3, 0.4) is 0 Å². The Hall–Kier alpha value is -7.42. The molecular formula is C67H54O2. The highest BCUT2D eigenvalue weighted by Crippen LogP contribution is 2.63. The molecule has 0 saturated heterocycles. The molecular weight excluding hydrogens is 837 g/mol. The lowest BCUT2D eigenvalue weighted by Crippen LogP contribution is -2.24. The van der Waals surface area contributed by atoms with Gasteiger partial charge in [0.15, 0.2) is 0 Å². The molecule has 2 heterocycles. The highest BCUT2D eigenvalue weighted by Gasteiger charge is 2.48. The predicted molar refractivity (Wildman–Crippen MR) is 287 cm³/mol. The Bertz CT molecular complexity index is 4000. The van der Waals surface area contributed by atoms with Crippen molar-refractivity contribution in [3.05, 3.63) is 225 Å². The molecule has 0 aliphatic heterocycles. The van der Waals surface area contributed by atoms with Crippen LogP contribution in [0, 0.1) is 6.92 Å². The van der Waals surface area contributed by atoms with E-state index in [0.29, 0.717) is 0 Å². The summed E-state index contributed by atoms with van der Waals surface area (Å²) in [5.74, 6) is 0.273. The average molecular weight is 891 g/mol. The maximum absolute atomic E-state index is 7.01. The molecule has 334 valence electrons. The maximum Gasteiger partial charge on any atom is 0.144 e. The highest BCUT2D eigenvalue weighted by atomic mass is 16.3. The molecule has 14 rings (SSSR count). The van der Waals surface area contributed by atoms with Crippen LogP contribution in [0.5, 0.6) is 0 Å². The molecule has 3 aliphatic carbocycles. The lowest BCUT2D eigenvalue weighted by Gasteiger charge is -2.31. The number of hydrogen-bond acceptors (Lipinski definition) is 2. The van der Waals surface area contributed by atoms with Crippen LogP contribution in [0.1, 0.15) is 103 Å². The number of furan rings is 2. The first-order valence-corrected chi connectivity index (χ1v) is 24.9. The Labute approximate surface area is 404 Å². The van der Waals surface area contributed by atoms with Crippen molar-refractivity contribution in [2.24, 2.45) is 0 Å². The van der Waals surface area contributed by atoms with Gasteiger partial charge in [-0.15, -0.1) is 0 Å². The summed E-state index contributed by atoms with van der Waals surface area (Å²) in [4.78, 5) is 0. The zero-order chi connectivity index (χ0) is 46.7. The Morgan fingerprint density at radius 3 is 1.62 bits per heavy atom. The van der Waals surface area contributed by atoms with Gasteiger partial charge < -0.3 is 8.83 Å². The minimum atomic E-state index is -0.248. The van der Waals surface area contributed by atoms with Crippen molar-refractivity contribution < 1.29 is 8.83 Å². The van der Waals surface area contributed by atoms with Gasteiger partial charge in [-0.05, 0) is 133 Å². The molecule has 0 N–H and O–H groups in total. The highest BCUT2D eigenvalue weighted by molar-refractivity contribution is 6.21. The van der Waals surface area contributed by atoms with Crippen LogP contribution in [-0.4, -0.2) is 0 Å². The fraction of sp³-hybridized carbons (Fsp3) is 0.194. The minimum absolute atomic E-state index is 0.172. The fourth-order valence-electron chi connectivity index (χ4n) is 13.7. The van der Waals surface area contributed by atoms with E-state index in [9.17, 15) is 0 Å². The van der Waals surface area contributed by atoms with E-state index >= 15 is 0 Å². The first-order chi connectivity index (χ1) is 33.4. The number of hydrogen-bond donors (Lipinski definition) is 0. The third kappa shape index (κ3) is 5.49. The molecule has 2 aromatic heterocycles. The van der Waals surface area contributed by atoms with Crippen LogP contribution in [0.4, 0.5) is 0 Å². The first-order valence-electron chi connectivity index (χ1n) is 24.9. The summed E-state index contributed by atoms with van der Waals surface area (Å²) >= 11 is 0. The topological polar surface area (TPSA) is 26.3 Å². The standard InChI is InChI=1S/C67H54O2/c1-38-19-11-12-22-43(38)42(33-39-29-31-45-51(35-39)65(2,3)53-37-49(41-20-9-8-10-21-41)63-58(56(45)53)47-24-14-17-27-54(47)68-63)34-40-30-32-46-52(36-40)67(6,7)62-60(46)64-59(48-25-15-18-28-55(48)69-64)57-44-23-13-16-26-50(44)66(4,5)61(57)62/h8-32,35-37,42H,33-34H2,1-7H3. The third-order valence-corrected chi connectivity index (χ3v) is 17.0. The van der Waals surface area contributed by atoms with Crippen LogP contribution in [-0.2, 0) is 29.1 Å². The van der Waals surface area contributed by atoms with Crippen molar-refractivity contribution in [3.8, 4) is 44.5 Å². The van der Waals surface area contributed by atoms with E-state index in [1.807, 2.05) is 0 Å². The number of fused-ring (bicyclic) bond motifs is 19. The molecule has 0 fully saturated rings. The largest absolute Gasteiger partial charge is 0.455 e. The third-order valence-electron chi connectivity index (χ3n) is 17.0. The smallest absolute Gasteiger partial charge is 0.144 e. The summed E-state index contributed by atoms with van der Waals surface area (Å²) in [6, 6.07) is 63.3. The summed E-state index contributed by atoms with van der Waals surface area (Å²) in [6.45, 7) is 16.9. The molecule has 1 unspecified atom stereocenters. The van der Waals surface area contributed by atoms with Crippen LogP contribution >= 0.6 is 0 Å². The predicted octanol–water partition coefficient (Wildman–Crippen LogP) is 17.9. The van der Waals surface area contributed by atoms with Gasteiger partial charge in [-0.2, -0.15) is 0 Å². The maximum atomic E-state index is 7.01. The summed E-state index contributed by atoms with van der Waals surface area (Å²) in [5.41, 5.74) is 27.4. The Morgan fingerprint density at radius 2 is 0.928 bits per heavy atom. The number of para-hydroxylation sites is 2. The quantitative estimate of drug-likeness (QED) is 0.166. The van der Waals surface area contributed by atoms with E-state index in [2.05, 4.69) is 218 Å². The summed E-state index contributed by atoms with van der Waals surface area (Å²) in [7, 11) is 0. The molecule has 0 spiro atoms. The van der Waals surface area contributed by atoms with Crippen LogP contribution in [0.25, 0.3) is 88.4 Å². The van der Waals surface area contributed by atoms with Gasteiger partial charge in [-0.3, -0.25) is 0 Å². The molecule has 0 bridgehead atoms. The van der Waals surface area contributed by atoms with Gasteiger partial charge in [-0.25, -0.2) is 0 Å². The Kier molecular flexibility index (Phi) is 8.29. The number of rotatable bonds is 6. The molecule has 0 amide bonds. The van der Waals surface area contributed by atoms with Gasteiger partial charge in [0.1, 0.15) is 22.3 Å². The number of aryl methyl sites for hydroxylation is 1. The first kappa shape index (κ1) is 40.6. The van der Waals surface area contributed by atoms with Crippen LogP contribution < -0.4 is 0 Å². The van der Waals surface area contributed by atoms with Crippen molar-refractivity contribution in [1.29, 1.82) is 0 Å². The molecule has 0 radical (unpaired) electrons. The second-order valence-corrected chi connectivity index (χ2v) is 22.0. The van der Waals surface area contributed by atoms with Gasteiger partial charge >= 0.3 is 0 Å². The molecule has 2 nitrogen and oxygen atoms in total. The molecule has 1 atom stereocenters. The molecule has 2 heteroatoms. The van der Waals surface area contributed by atoms with E-state index in [-0.39, 0.29) is 22.2 Å². The number of benzene rings is 9. The zero-order valence-corrected chi connectivity index (χ0v) is 40.5. The molecule has 11 aromatic rings. The molecule has 0 saturated carbocycles. The van der Waals surface area contributed by atoms with Gasteiger partial charge in [0.25, 0.3) is 0 Å². The monoisotopic (exact) mass is 890 g/mol. The minimum Gasteiger partial charge on any atom is -0.455 e. The van der Waals surface area contributed by atoms with E-state index in [1.54, 1.807) is 0 Å². The van der Waals surface area contributed by atoms with Crippen molar-refractivity contribution in [3.63, 3.8) is 0 Å². The van der Waals surface area contributed by atoms with Crippen LogP contribution in [0.15, 0.2) is 179 Å². The van der Waals surface area contributed by atoms with Gasteiger partial charge in [0, 0.05) is 48.9 Å². The van der Waals surface area contributed by atoms with E-state index in [1.165, 1.54) is 116 Å². The second-order valence-electron chi connectivity index (χ2n) is 22.0. The SMILES string of the molecule is Cc1ccccc1C(Cc1ccc2c(c1)C(C)(C)c1cc(-c3ccccc3)c3oc4ccccc4c3c1-2)Cc1ccc2c(c1)C(C)(C)c1c3c(c4c(oc5ccccc54)c1-2)-c1ccccc1C3(C)C. The lowest BCUT2D eigenvalue weighted by atomic mass is 9.72. The fourth-order valence-corrected chi connectivity index (χ4v) is 13.7. The second kappa shape index (κ2) is 14.1. The summed E-state index contributed by atoms with van der Waals surface area (Å²) < 4.78 is 13.8. The molecule has 69 heavy (non-hydrogen) atoms. The van der Waals surface area contributed by atoms with Crippen molar-refractivity contribution in [1.82, 2.24) is 0 Å². The molecule has 9 aromatic carbocycles. The summed E-state index contributed by atoms with van der Waals surface area (Å²) in [5, 5.41) is 4.85. The van der Waals surface area contributed by atoms with Gasteiger partial charge in [-0.1, -0.05) is 193 Å². The normalized spacial score (nSPS) is 15.9. The van der Waals surface area contributed by atoms with Crippen molar-refractivity contribution >= 4 is 43.9 Å². The Morgan fingerprint density at radius 1 is 0.406 bits per heavy atom. The lowest BCUT2D eigenvalue weighted by molar-refractivity contribution is 0.598. The van der Waals surface area contributed by atoms with Gasteiger partial charge in [0.05, 0.1) is 0 Å². The van der Waals surface area contributed by atoms with E-state index < -0.39 is 0 Å². The van der Waals surface area contributed by atoms with Gasteiger partial charge in [0.2, 0.25) is 0 Å². The van der Waals surface area contributed by atoms with E-state index in [0.717, 1.165) is 40.7 Å². The zero-order valence-electron chi connectivity index (χ0n) is 40.5. The average Bonchev–Trinajstić information content (AvgIpc) is 4.11. The Balaban J connectivity index is 0.887. The van der Waals surface area contributed by atoms with E-state index in [4.69, 9.17) is 8.83 Å². The van der Waals surface area contributed by atoms with Crippen molar-refractivity contribution in [2.45, 2.75) is 83.5 Å². The molecule has 3 aliphatic rings. The summed E-state index contributed by atoms with van der Waals surface area (Å²) in [6.07, 6.45) is 1.87. The van der Waals surface area contributed by atoms with Crippen LogP contribution in [0.2, 0.25) is 0 Å². The van der Waals surface area contributed by atoms with Crippen molar-refractivity contribution in [2.75, 3.05) is 0 Å².